The number of carbonyl (C=O) groups excluding carboxylic acids is 1. The van der Waals surface area contributed by atoms with E-state index in [0.717, 1.165) is 35.3 Å². The van der Waals surface area contributed by atoms with Crippen molar-refractivity contribution in [2.24, 2.45) is 0 Å². The molecule has 31 heavy (non-hydrogen) atoms. The molecule has 0 saturated carbocycles. The van der Waals surface area contributed by atoms with E-state index < -0.39 is 0 Å². The first kappa shape index (κ1) is 19.5. The monoisotopic (exact) mass is 431 g/mol. The fraction of sp³-hybridized carbons (Fsp3) is 0.167. The average molecular weight is 432 g/mol. The summed E-state index contributed by atoms with van der Waals surface area (Å²) in [7, 11) is 0. The quantitative estimate of drug-likeness (QED) is 0.484. The summed E-state index contributed by atoms with van der Waals surface area (Å²) in [6, 6.07) is 21.6. The van der Waals surface area contributed by atoms with Gasteiger partial charge in [0.2, 0.25) is 0 Å². The van der Waals surface area contributed by atoms with Gasteiger partial charge in [-0.1, -0.05) is 29.8 Å². The Labute approximate surface area is 185 Å². The maximum Gasteiger partial charge on any atom is 0.259 e. The molecule has 0 atom stereocenters. The van der Waals surface area contributed by atoms with Crippen LogP contribution < -0.4 is 4.90 Å². The van der Waals surface area contributed by atoms with E-state index in [9.17, 15) is 4.79 Å². The molecule has 6 nitrogen and oxygen atoms in total. The molecule has 0 aliphatic carbocycles. The van der Waals surface area contributed by atoms with Crippen molar-refractivity contribution in [1.82, 2.24) is 19.2 Å². The third-order valence-electron chi connectivity index (χ3n) is 5.58. The average Bonchev–Trinajstić information content (AvgIpc) is 3.50. The van der Waals surface area contributed by atoms with Gasteiger partial charge in [-0.05, 0) is 48.5 Å². The molecule has 4 aromatic rings. The number of hydrogen-bond acceptors (Lipinski definition) is 3. The minimum Gasteiger partial charge on any atom is -0.368 e. The van der Waals surface area contributed by atoms with Crippen molar-refractivity contribution in [2.45, 2.75) is 0 Å². The number of carbonyl (C=O) groups is 1. The molecule has 0 N–H and O–H groups in total. The molecule has 1 aliphatic rings. The van der Waals surface area contributed by atoms with Crippen molar-refractivity contribution in [3.8, 4) is 11.5 Å². The first-order valence-corrected chi connectivity index (χ1v) is 10.6. The molecule has 156 valence electrons. The Morgan fingerprint density at radius 1 is 0.806 bits per heavy atom. The third-order valence-corrected chi connectivity index (χ3v) is 5.83. The van der Waals surface area contributed by atoms with E-state index in [1.807, 2.05) is 93.3 Å². The standard InChI is InChI=1S/C24H22ClN5O/c25-19-8-10-20(11-9-19)27-14-16-29(17-15-27)24(31)22-18-26-30(21-6-2-1-3-7-21)23(22)28-12-4-5-13-28/h1-13,18H,14-17H2. The zero-order chi connectivity index (χ0) is 21.2. The molecule has 3 heterocycles. The lowest BCUT2D eigenvalue weighted by Gasteiger charge is -2.36. The number of anilines is 1. The van der Waals surface area contributed by atoms with Gasteiger partial charge in [0.1, 0.15) is 5.56 Å². The third kappa shape index (κ3) is 3.82. The smallest absolute Gasteiger partial charge is 0.259 e. The van der Waals surface area contributed by atoms with E-state index in [1.54, 1.807) is 6.20 Å². The summed E-state index contributed by atoms with van der Waals surface area (Å²) in [6.07, 6.45) is 5.55. The topological polar surface area (TPSA) is 46.3 Å². The Morgan fingerprint density at radius 2 is 1.48 bits per heavy atom. The van der Waals surface area contributed by atoms with Gasteiger partial charge in [-0.3, -0.25) is 4.79 Å². The fourth-order valence-corrected chi connectivity index (χ4v) is 4.09. The Bertz CT molecular complexity index is 1160. The molecule has 0 bridgehead atoms. The lowest BCUT2D eigenvalue weighted by molar-refractivity contribution is 0.0747. The number of rotatable bonds is 4. The lowest BCUT2D eigenvalue weighted by Crippen LogP contribution is -2.48. The molecular formula is C24H22ClN5O. The maximum atomic E-state index is 13.5. The maximum absolute atomic E-state index is 13.5. The van der Waals surface area contributed by atoms with Crippen LogP contribution in [0.15, 0.2) is 85.3 Å². The van der Waals surface area contributed by atoms with Crippen LogP contribution in [0.5, 0.6) is 0 Å². The molecular weight excluding hydrogens is 410 g/mol. The molecule has 0 unspecified atom stereocenters. The van der Waals surface area contributed by atoms with Crippen molar-refractivity contribution in [1.29, 1.82) is 0 Å². The summed E-state index contributed by atoms with van der Waals surface area (Å²) in [5.74, 6) is 0.753. The predicted molar refractivity (Wildman–Crippen MR) is 122 cm³/mol. The van der Waals surface area contributed by atoms with Crippen molar-refractivity contribution in [3.63, 3.8) is 0 Å². The summed E-state index contributed by atoms with van der Waals surface area (Å²) in [5, 5.41) is 5.28. The Morgan fingerprint density at radius 3 is 2.16 bits per heavy atom. The second kappa shape index (κ2) is 8.32. The van der Waals surface area contributed by atoms with Crippen LogP contribution in [0, 0.1) is 0 Å². The molecule has 1 saturated heterocycles. The number of para-hydroxylation sites is 1. The second-order valence-electron chi connectivity index (χ2n) is 7.48. The van der Waals surface area contributed by atoms with Gasteiger partial charge in [-0.25, -0.2) is 4.68 Å². The Kier molecular flexibility index (Phi) is 5.22. The zero-order valence-corrected chi connectivity index (χ0v) is 17.7. The van der Waals surface area contributed by atoms with E-state index in [4.69, 9.17) is 11.6 Å². The summed E-state index contributed by atoms with van der Waals surface area (Å²) < 4.78 is 3.76. The van der Waals surface area contributed by atoms with Crippen LogP contribution >= 0.6 is 11.6 Å². The zero-order valence-electron chi connectivity index (χ0n) is 16.9. The van der Waals surface area contributed by atoms with Crippen LogP contribution in [-0.4, -0.2) is 51.3 Å². The van der Waals surface area contributed by atoms with Gasteiger partial charge in [0, 0.05) is 49.3 Å². The molecule has 1 aliphatic heterocycles. The van der Waals surface area contributed by atoms with Gasteiger partial charge < -0.3 is 14.4 Å². The normalized spacial score (nSPS) is 14.1. The SMILES string of the molecule is O=C(c1cnn(-c2ccccc2)c1-n1cccc1)N1CCN(c2ccc(Cl)cc2)CC1. The van der Waals surface area contributed by atoms with Crippen LogP contribution in [0.3, 0.4) is 0 Å². The first-order valence-electron chi connectivity index (χ1n) is 10.3. The van der Waals surface area contributed by atoms with Gasteiger partial charge in [-0.15, -0.1) is 0 Å². The summed E-state index contributed by atoms with van der Waals surface area (Å²) in [5.41, 5.74) is 2.64. The van der Waals surface area contributed by atoms with E-state index in [0.29, 0.717) is 18.7 Å². The van der Waals surface area contributed by atoms with Gasteiger partial charge >= 0.3 is 0 Å². The molecule has 1 amide bonds. The van der Waals surface area contributed by atoms with Gasteiger partial charge in [0.25, 0.3) is 5.91 Å². The van der Waals surface area contributed by atoms with E-state index in [-0.39, 0.29) is 5.91 Å². The highest BCUT2D eigenvalue weighted by molar-refractivity contribution is 6.30. The molecule has 2 aromatic heterocycles. The van der Waals surface area contributed by atoms with Crippen molar-refractivity contribution < 1.29 is 4.79 Å². The van der Waals surface area contributed by atoms with Crippen molar-refractivity contribution >= 4 is 23.2 Å². The second-order valence-corrected chi connectivity index (χ2v) is 7.91. The number of amides is 1. The lowest BCUT2D eigenvalue weighted by atomic mass is 10.2. The molecule has 0 radical (unpaired) electrons. The van der Waals surface area contributed by atoms with E-state index in [1.165, 1.54) is 0 Å². The Hall–Kier alpha value is -3.51. The minimum absolute atomic E-state index is 0.00152. The summed E-state index contributed by atoms with van der Waals surface area (Å²) in [4.78, 5) is 17.7. The first-order chi connectivity index (χ1) is 15.2. The summed E-state index contributed by atoms with van der Waals surface area (Å²) >= 11 is 6.01. The van der Waals surface area contributed by atoms with Crippen LogP contribution in [-0.2, 0) is 0 Å². The molecule has 2 aromatic carbocycles. The van der Waals surface area contributed by atoms with E-state index >= 15 is 0 Å². The van der Waals surface area contributed by atoms with Gasteiger partial charge in [0.05, 0.1) is 11.9 Å². The van der Waals surface area contributed by atoms with Crippen molar-refractivity contribution in [2.75, 3.05) is 31.1 Å². The number of benzene rings is 2. The molecule has 5 rings (SSSR count). The molecule has 0 spiro atoms. The highest BCUT2D eigenvalue weighted by atomic mass is 35.5. The number of nitrogens with zero attached hydrogens (tertiary/aromatic N) is 5. The minimum atomic E-state index is 0.00152. The summed E-state index contributed by atoms with van der Waals surface area (Å²) in [6.45, 7) is 2.87. The molecule has 7 heteroatoms. The number of halogens is 1. The van der Waals surface area contributed by atoms with Gasteiger partial charge in [-0.2, -0.15) is 5.10 Å². The van der Waals surface area contributed by atoms with Crippen LogP contribution in [0.4, 0.5) is 5.69 Å². The predicted octanol–water partition coefficient (Wildman–Crippen LogP) is 4.28. The number of aromatic nitrogens is 3. The highest BCUT2D eigenvalue weighted by Crippen LogP contribution is 2.23. The number of hydrogen-bond donors (Lipinski definition) is 0. The molecule has 1 fully saturated rings. The Balaban J connectivity index is 1.40. The van der Waals surface area contributed by atoms with Crippen LogP contribution in [0.2, 0.25) is 5.02 Å². The number of piperazine rings is 1. The van der Waals surface area contributed by atoms with Crippen molar-refractivity contribution in [3.05, 3.63) is 95.9 Å². The van der Waals surface area contributed by atoms with Gasteiger partial charge in [0.15, 0.2) is 5.82 Å². The van der Waals surface area contributed by atoms with Crippen LogP contribution in [0.1, 0.15) is 10.4 Å². The van der Waals surface area contributed by atoms with E-state index in [2.05, 4.69) is 10.00 Å². The highest BCUT2D eigenvalue weighted by Gasteiger charge is 2.27. The fourth-order valence-electron chi connectivity index (χ4n) is 3.97. The van der Waals surface area contributed by atoms with Crippen LogP contribution in [0.25, 0.3) is 11.5 Å². The largest absolute Gasteiger partial charge is 0.368 e.